The van der Waals surface area contributed by atoms with Crippen LogP contribution in [0, 0.1) is 11.3 Å². The molecule has 0 spiro atoms. The van der Waals surface area contributed by atoms with Gasteiger partial charge in [0.2, 0.25) is 0 Å². The molecule has 6 nitrogen and oxygen atoms in total. The van der Waals surface area contributed by atoms with Crippen LogP contribution in [0.1, 0.15) is 17.5 Å². The second kappa shape index (κ2) is 8.50. The van der Waals surface area contributed by atoms with Gasteiger partial charge in [-0.25, -0.2) is 4.79 Å². The van der Waals surface area contributed by atoms with Gasteiger partial charge in [-0.3, -0.25) is 9.69 Å². The molecule has 1 aromatic carbocycles. The maximum absolute atomic E-state index is 11.5. The Balaban J connectivity index is 1.71. The number of carbonyl (C=O) groups excluding carboxylic acids is 2. The Morgan fingerprint density at radius 3 is 2.44 bits per heavy atom. The average molecular weight is 363 g/mol. The maximum atomic E-state index is 11.5. The largest absolute Gasteiger partial charge is 0.468 e. The Bertz CT molecular complexity index is 863. The molecule has 1 saturated heterocycles. The van der Waals surface area contributed by atoms with Gasteiger partial charge >= 0.3 is 5.97 Å². The highest BCUT2D eigenvalue weighted by atomic mass is 16.5. The number of esters is 1. The van der Waals surface area contributed by atoms with E-state index in [9.17, 15) is 9.59 Å². The number of ether oxygens (including phenoxy) is 1. The second-order valence-corrected chi connectivity index (χ2v) is 6.52. The second-order valence-electron chi connectivity index (χ2n) is 6.52. The molecule has 27 heavy (non-hydrogen) atoms. The Morgan fingerprint density at radius 2 is 1.85 bits per heavy atom. The maximum Gasteiger partial charge on any atom is 0.319 e. The molecular weight excluding hydrogens is 342 g/mol. The Labute approximate surface area is 158 Å². The molecule has 2 aliphatic rings. The first-order chi connectivity index (χ1) is 13.1. The van der Waals surface area contributed by atoms with Crippen LogP contribution in [-0.2, 0) is 14.3 Å². The minimum absolute atomic E-state index is 0.221. The van der Waals surface area contributed by atoms with Gasteiger partial charge in [-0.1, -0.05) is 18.2 Å². The monoisotopic (exact) mass is 363 g/mol. The number of hydrogen-bond donors (Lipinski definition) is 0. The lowest BCUT2D eigenvalue weighted by Gasteiger charge is -2.37. The molecule has 0 saturated carbocycles. The molecule has 0 unspecified atom stereocenters. The zero-order valence-corrected chi connectivity index (χ0v) is 15.3. The fourth-order valence-electron chi connectivity index (χ4n) is 3.36. The first kappa shape index (κ1) is 18.7. The predicted molar refractivity (Wildman–Crippen MR) is 101 cm³/mol. The van der Waals surface area contributed by atoms with Crippen LogP contribution in [0.5, 0.6) is 0 Å². The highest BCUT2D eigenvalue weighted by Crippen LogP contribution is 2.32. The van der Waals surface area contributed by atoms with E-state index in [1.165, 1.54) is 7.11 Å². The summed E-state index contributed by atoms with van der Waals surface area (Å²) in [5, 5.41) is 8.92. The van der Waals surface area contributed by atoms with E-state index in [0.29, 0.717) is 24.1 Å². The molecule has 0 radical (unpaired) electrons. The van der Waals surface area contributed by atoms with Gasteiger partial charge < -0.3 is 9.64 Å². The zero-order chi connectivity index (χ0) is 19.2. The molecular formula is C21H21N3O3. The highest BCUT2D eigenvalue weighted by molar-refractivity contribution is 5.89. The van der Waals surface area contributed by atoms with Gasteiger partial charge in [0, 0.05) is 43.9 Å². The van der Waals surface area contributed by atoms with Crippen LogP contribution >= 0.6 is 0 Å². The minimum atomic E-state index is -0.221. The molecule has 0 amide bonds. The van der Waals surface area contributed by atoms with Gasteiger partial charge in [-0.2, -0.15) is 5.26 Å². The quantitative estimate of drug-likeness (QED) is 0.600. The standard InChI is InChI=1S/C21H21N3O3/c1-27-21(26)14-23-8-10-24(11-9-23)19-6-7-20(18(12-19)15-25)17-4-2-16(13-22)3-5-17/h2-7H,8-12,14H2,1H3. The van der Waals surface area contributed by atoms with Gasteiger partial charge in [0.05, 0.1) is 25.3 Å². The summed E-state index contributed by atoms with van der Waals surface area (Å²) in [6, 6.07) is 9.30. The first-order valence-electron chi connectivity index (χ1n) is 8.84. The van der Waals surface area contributed by atoms with Gasteiger partial charge in [0.25, 0.3) is 0 Å². The predicted octanol–water partition coefficient (Wildman–Crippen LogP) is 1.78. The van der Waals surface area contributed by atoms with Crippen molar-refractivity contribution >= 4 is 17.5 Å². The van der Waals surface area contributed by atoms with E-state index in [1.54, 1.807) is 12.1 Å². The van der Waals surface area contributed by atoms with Crippen molar-refractivity contribution in [2.24, 2.45) is 0 Å². The van der Waals surface area contributed by atoms with E-state index < -0.39 is 0 Å². The summed E-state index contributed by atoms with van der Waals surface area (Å²) in [5.74, 6) is 1.87. The number of rotatable bonds is 4. The van der Waals surface area contributed by atoms with E-state index in [0.717, 1.165) is 43.0 Å². The molecule has 0 bridgehead atoms. The summed E-state index contributed by atoms with van der Waals surface area (Å²) >= 11 is 0. The van der Waals surface area contributed by atoms with Gasteiger partial charge in [0.15, 0.2) is 0 Å². The summed E-state index contributed by atoms with van der Waals surface area (Å²) in [6.07, 6.45) is 4.53. The smallest absolute Gasteiger partial charge is 0.319 e. The lowest BCUT2D eigenvalue weighted by molar-refractivity contribution is -0.142. The van der Waals surface area contributed by atoms with E-state index in [-0.39, 0.29) is 5.97 Å². The Hall–Kier alpha value is -3.13. The Kier molecular flexibility index (Phi) is 5.87. The van der Waals surface area contributed by atoms with E-state index in [2.05, 4.69) is 21.8 Å². The number of benzene rings is 1. The van der Waals surface area contributed by atoms with Crippen LogP contribution in [0.4, 0.5) is 0 Å². The van der Waals surface area contributed by atoms with Crippen LogP contribution in [0.25, 0.3) is 5.57 Å². The third-order valence-electron chi connectivity index (χ3n) is 4.93. The molecule has 0 aromatic heterocycles. The van der Waals surface area contributed by atoms with Crippen LogP contribution in [0.3, 0.4) is 0 Å². The highest BCUT2D eigenvalue weighted by Gasteiger charge is 2.24. The number of carbonyl (C=O) groups is 1. The number of methoxy groups -OCH3 is 1. The molecule has 1 aromatic rings. The van der Waals surface area contributed by atoms with Crippen molar-refractivity contribution in [2.75, 3.05) is 39.8 Å². The number of allylic oxidation sites excluding steroid dienone is 4. The minimum Gasteiger partial charge on any atom is -0.468 e. The summed E-state index contributed by atoms with van der Waals surface area (Å²) in [6.45, 7) is 3.47. The molecule has 0 atom stereocenters. The number of piperazine rings is 1. The molecule has 1 heterocycles. The van der Waals surface area contributed by atoms with Gasteiger partial charge in [0.1, 0.15) is 5.94 Å². The lowest BCUT2D eigenvalue weighted by Crippen LogP contribution is -2.47. The van der Waals surface area contributed by atoms with Crippen LogP contribution in [0.15, 0.2) is 47.7 Å². The normalized spacial score (nSPS) is 17.5. The van der Waals surface area contributed by atoms with Crippen molar-refractivity contribution in [1.29, 1.82) is 5.26 Å². The van der Waals surface area contributed by atoms with Crippen LogP contribution < -0.4 is 0 Å². The molecule has 1 aliphatic heterocycles. The molecule has 1 fully saturated rings. The molecule has 1 aliphatic carbocycles. The van der Waals surface area contributed by atoms with Crippen LogP contribution in [0.2, 0.25) is 0 Å². The van der Waals surface area contributed by atoms with Crippen molar-refractivity contribution in [2.45, 2.75) is 6.42 Å². The number of nitrogens with zero attached hydrogens (tertiary/aromatic N) is 3. The van der Waals surface area contributed by atoms with Gasteiger partial charge in [-0.05, 0) is 29.3 Å². The van der Waals surface area contributed by atoms with Crippen LogP contribution in [-0.4, -0.2) is 61.5 Å². The summed E-state index contributed by atoms with van der Waals surface area (Å²) in [5.41, 5.74) is 4.05. The molecule has 6 heteroatoms. The molecule has 3 rings (SSSR count). The fourth-order valence-corrected chi connectivity index (χ4v) is 3.36. The summed E-state index contributed by atoms with van der Waals surface area (Å²) in [4.78, 5) is 27.3. The van der Waals surface area contributed by atoms with Crippen molar-refractivity contribution in [3.63, 3.8) is 0 Å². The SMILES string of the molecule is COC(=O)CN1CCN(C2=CC=C(c3ccc(C#N)cc3)C(=C=O)C2)CC1. The third kappa shape index (κ3) is 4.35. The number of nitriles is 1. The molecule has 0 N–H and O–H groups in total. The van der Waals surface area contributed by atoms with Crippen molar-refractivity contribution in [1.82, 2.24) is 9.80 Å². The lowest BCUT2D eigenvalue weighted by atomic mass is 9.90. The van der Waals surface area contributed by atoms with E-state index in [4.69, 9.17) is 10.00 Å². The molecule has 138 valence electrons. The van der Waals surface area contributed by atoms with E-state index in [1.807, 2.05) is 24.3 Å². The van der Waals surface area contributed by atoms with Crippen molar-refractivity contribution in [3.05, 3.63) is 58.8 Å². The Morgan fingerprint density at radius 1 is 1.15 bits per heavy atom. The third-order valence-corrected chi connectivity index (χ3v) is 4.93. The fraction of sp³-hybridized carbons (Fsp3) is 0.333. The van der Waals surface area contributed by atoms with Gasteiger partial charge in [-0.15, -0.1) is 0 Å². The average Bonchev–Trinajstić information content (AvgIpc) is 2.73. The topological polar surface area (TPSA) is 73.6 Å². The van der Waals surface area contributed by atoms with Crippen molar-refractivity contribution in [3.8, 4) is 6.07 Å². The summed E-state index contributed by atoms with van der Waals surface area (Å²) < 4.78 is 4.72. The summed E-state index contributed by atoms with van der Waals surface area (Å²) in [7, 11) is 1.40. The van der Waals surface area contributed by atoms with Crippen molar-refractivity contribution < 1.29 is 14.3 Å². The zero-order valence-electron chi connectivity index (χ0n) is 15.3. The number of hydrogen-bond acceptors (Lipinski definition) is 6. The first-order valence-corrected chi connectivity index (χ1v) is 8.84. The van der Waals surface area contributed by atoms with E-state index >= 15 is 0 Å².